The summed E-state index contributed by atoms with van der Waals surface area (Å²) in [5.41, 5.74) is -0.151. The van der Waals surface area contributed by atoms with E-state index in [2.05, 4.69) is 13.6 Å². The van der Waals surface area contributed by atoms with Crippen LogP contribution in [0.25, 0.3) is 0 Å². The van der Waals surface area contributed by atoms with Crippen LogP contribution >= 0.6 is 0 Å². The number of benzene rings is 1. The first-order valence-corrected chi connectivity index (χ1v) is 5.20. The molecule has 0 spiro atoms. The molecule has 0 bridgehead atoms. The Morgan fingerprint density at radius 2 is 1.85 bits per heavy atom. The van der Waals surface area contributed by atoms with Crippen molar-refractivity contribution in [3.05, 3.63) is 50.8 Å². The molecule has 1 aromatic heterocycles. The molecule has 1 heterocycles. The summed E-state index contributed by atoms with van der Waals surface area (Å²) in [5.74, 6) is -1.41. The van der Waals surface area contributed by atoms with Gasteiger partial charge in [-0.1, -0.05) is 0 Å². The maximum Gasteiger partial charge on any atom is 0.521 e. The fourth-order valence-electron chi connectivity index (χ4n) is 1.26. The van der Waals surface area contributed by atoms with E-state index in [9.17, 15) is 19.7 Å². The predicted molar refractivity (Wildman–Crippen MR) is 61.7 cm³/mol. The van der Waals surface area contributed by atoms with Gasteiger partial charge in [-0.25, -0.2) is 9.59 Å². The number of hydrogen-bond donors (Lipinski definition) is 0. The van der Waals surface area contributed by atoms with Crippen molar-refractivity contribution < 1.29 is 28.0 Å². The van der Waals surface area contributed by atoms with Crippen LogP contribution in [0.4, 0.5) is 10.5 Å². The second-order valence-corrected chi connectivity index (χ2v) is 3.50. The second kappa shape index (κ2) is 5.26. The van der Waals surface area contributed by atoms with Crippen molar-refractivity contribution in [2.24, 2.45) is 0 Å². The number of non-ortho nitro benzene ring substituents is 1. The summed E-state index contributed by atoms with van der Waals surface area (Å²) in [5, 5.41) is 10.4. The third-order valence-corrected chi connectivity index (χ3v) is 2.12. The Bertz CT molecular complexity index is 696. The van der Waals surface area contributed by atoms with Crippen LogP contribution in [0, 0.1) is 17.0 Å². The standard InChI is InChI=1S/C11H7NO8/c1-6-9(19-10(13)17-6)20-11(14)18-8-4-2-7(3-5-8)12(15)16/h2-5H,1H3. The molecule has 1 aromatic carbocycles. The highest BCUT2D eigenvalue weighted by Crippen LogP contribution is 2.19. The summed E-state index contributed by atoms with van der Waals surface area (Å²) in [6.45, 7) is 1.36. The Kier molecular flexibility index (Phi) is 3.51. The van der Waals surface area contributed by atoms with E-state index in [0.29, 0.717) is 0 Å². The molecule has 0 aliphatic carbocycles. The Labute approximate surface area is 110 Å². The number of ether oxygens (including phenoxy) is 2. The molecular weight excluding hydrogens is 274 g/mol. The third-order valence-electron chi connectivity index (χ3n) is 2.12. The van der Waals surface area contributed by atoms with E-state index in [1.165, 1.54) is 19.1 Å². The molecule has 9 nitrogen and oxygen atoms in total. The van der Waals surface area contributed by atoms with Crippen LogP contribution in [-0.4, -0.2) is 11.1 Å². The Morgan fingerprint density at radius 1 is 1.20 bits per heavy atom. The van der Waals surface area contributed by atoms with E-state index in [1.807, 2.05) is 0 Å². The minimum absolute atomic E-state index is 0.0179. The van der Waals surface area contributed by atoms with Gasteiger partial charge in [-0.05, 0) is 12.1 Å². The van der Waals surface area contributed by atoms with E-state index < -0.39 is 22.8 Å². The number of nitro groups is 1. The molecule has 104 valence electrons. The van der Waals surface area contributed by atoms with Gasteiger partial charge in [-0.15, -0.1) is 0 Å². The van der Waals surface area contributed by atoms with Gasteiger partial charge in [0.2, 0.25) is 0 Å². The molecule has 0 fully saturated rings. The van der Waals surface area contributed by atoms with Gasteiger partial charge in [0.25, 0.3) is 5.69 Å². The lowest BCUT2D eigenvalue weighted by molar-refractivity contribution is -0.384. The van der Waals surface area contributed by atoms with Gasteiger partial charge in [0, 0.05) is 19.1 Å². The second-order valence-electron chi connectivity index (χ2n) is 3.50. The fraction of sp³-hybridized carbons (Fsp3) is 0.0909. The zero-order chi connectivity index (χ0) is 14.7. The summed E-state index contributed by atoms with van der Waals surface area (Å²) in [6.07, 6.45) is -1.17. The Morgan fingerprint density at radius 3 is 2.35 bits per heavy atom. The van der Waals surface area contributed by atoms with Crippen molar-refractivity contribution in [2.45, 2.75) is 6.92 Å². The quantitative estimate of drug-likeness (QED) is 0.362. The van der Waals surface area contributed by atoms with Gasteiger partial charge >= 0.3 is 17.9 Å². The molecule has 0 amide bonds. The molecule has 0 saturated carbocycles. The molecule has 0 saturated heterocycles. The minimum Gasteiger partial charge on any atom is -0.395 e. The average molecular weight is 281 g/mol. The smallest absolute Gasteiger partial charge is 0.395 e. The SMILES string of the molecule is Cc1oc(=O)oc1OC(=O)Oc1ccc([N+](=O)[O-])cc1. The normalized spacial score (nSPS) is 10.1. The summed E-state index contributed by atoms with van der Waals surface area (Å²) in [6, 6.07) is 4.76. The first-order valence-electron chi connectivity index (χ1n) is 5.20. The topological polar surface area (TPSA) is 122 Å². The van der Waals surface area contributed by atoms with E-state index >= 15 is 0 Å². The van der Waals surface area contributed by atoms with E-state index in [1.54, 1.807) is 0 Å². The van der Waals surface area contributed by atoms with Crippen LogP contribution in [0.2, 0.25) is 0 Å². The van der Waals surface area contributed by atoms with Gasteiger partial charge in [0.05, 0.1) is 4.92 Å². The summed E-state index contributed by atoms with van der Waals surface area (Å²) < 4.78 is 18.2. The van der Waals surface area contributed by atoms with Gasteiger partial charge < -0.3 is 18.3 Å². The first kappa shape index (κ1) is 13.3. The highest BCUT2D eigenvalue weighted by Gasteiger charge is 2.16. The van der Waals surface area contributed by atoms with Crippen molar-refractivity contribution in [1.29, 1.82) is 0 Å². The zero-order valence-corrected chi connectivity index (χ0v) is 10.0. The number of hydrogen-bond acceptors (Lipinski definition) is 8. The number of nitro benzene ring substituents is 1. The molecule has 0 N–H and O–H groups in total. The van der Waals surface area contributed by atoms with E-state index in [-0.39, 0.29) is 17.2 Å². The Balaban J connectivity index is 2.02. The lowest BCUT2D eigenvalue weighted by atomic mass is 10.3. The Hall–Kier alpha value is -3.10. The number of aryl methyl sites for hydroxylation is 1. The van der Waals surface area contributed by atoms with E-state index in [0.717, 1.165) is 12.1 Å². The first-order chi connectivity index (χ1) is 9.45. The number of carbonyl (C=O) groups is 1. The number of rotatable bonds is 3. The average Bonchev–Trinajstić information content (AvgIpc) is 2.68. The maximum absolute atomic E-state index is 11.4. The van der Waals surface area contributed by atoms with Crippen LogP contribution in [0.15, 0.2) is 37.9 Å². The molecular formula is C11H7NO8. The molecule has 0 unspecified atom stereocenters. The lowest BCUT2D eigenvalue weighted by Gasteiger charge is -2.02. The van der Waals surface area contributed by atoms with E-state index in [4.69, 9.17) is 4.74 Å². The lowest BCUT2D eigenvalue weighted by Crippen LogP contribution is -2.13. The van der Waals surface area contributed by atoms with Crippen molar-refractivity contribution >= 4 is 11.8 Å². The van der Waals surface area contributed by atoms with Gasteiger partial charge in [0.1, 0.15) is 5.75 Å². The molecule has 0 aliphatic heterocycles. The molecule has 2 aromatic rings. The minimum atomic E-state index is -1.17. The van der Waals surface area contributed by atoms with Crippen LogP contribution < -0.4 is 15.3 Å². The third kappa shape index (κ3) is 3.02. The van der Waals surface area contributed by atoms with Crippen LogP contribution in [-0.2, 0) is 0 Å². The highest BCUT2D eigenvalue weighted by atomic mass is 16.8. The van der Waals surface area contributed by atoms with Crippen molar-refractivity contribution in [3.63, 3.8) is 0 Å². The summed E-state index contributed by atoms with van der Waals surface area (Å²) >= 11 is 0. The number of nitrogens with zero attached hydrogens (tertiary/aromatic N) is 1. The number of carbonyl (C=O) groups excluding carboxylic acids is 1. The van der Waals surface area contributed by atoms with Crippen LogP contribution in [0.1, 0.15) is 5.76 Å². The molecule has 9 heteroatoms. The van der Waals surface area contributed by atoms with Crippen molar-refractivity contribution in [3.8, 4) is 11.7 Å². The van der Waals surface area contributed by atoms with Crippen molar-refractivity contribution in [1.82, 2.24) is 0 Å². The van der Waals surface area contributed by atoms with Gasteiger partial charge in [0.15, 0.2) is 5.76 Å². The van der Waals surface area contributed by atoms with Crippen LogP contribution in [0.5, 0.6) is 11.7 Å². The maximum atomic E-state index is 11.4. The molecule has 0 radical (unpaired) electrons. The van der Waals surface area contributed by atoms with Gasteiger partial charge in [-0.2, -0.15) is 0 Å². The summed E-state index contributed by atoms with van der Waals surface area (Å²) in [4.78, 5) is 31.9. The zero-order valence-electron chi connectivity index (χ0n) is 10.0. The molecule has 0 atom stereocenters. The van der Waals surface area contributed by atoms with Crippen molar-refractivity contribution in [2.75, 3.05) is 0 Å². The molecule has 20 heavy (non-hydrogen) atoms. The largest absolute Gasteiger partial charge is 0.521 e. The highest BCUT2D eigenvalue weighted by molar-refractivity contribution is 5.66. The molecule has 0 aliphatic rings. The van der Waals surface area contributed by atoms with Crippen LogP contribution in [0.3, 0.4) is 0 Å². The fourth-order valence-corrected chi connectivity index (χ4v) is 1.26. The van der Waals surface area contributed by atoms with Gasteiger partial charge in [-0.3, -0.25) is 10.1 Å². The predicted octanol–water partition coefficient (Wildman–Crippen LogP) is 2.03. The summed E-state index contributed by atoms with van der Waals surface area (Å²) in [7, 11) is 0. The molecule has 2 rings (SSSR count). The monoisotopic (exact) mass is 281 g/mol.